The van der Waals surface area contributed by atoms with E-state index in [-0.39, 0.29) is 30.0 Å². The molecule has 0 heterocycles. The molecule has 0 bridgehead atoms. The number of carbonyl (C=O) groups excluding carboxylic acids is 1. The Balaban J connectivity index is 1.87. The molecule has 1 aliphatic carbocycles. The summed E-state index contributed by atoms with van der Waals surface area (Å²) in [6, 6.07) is 10.2. The van der Waals surface area contributed by atoms with Gasteiger partial charge in [0.25, 0.3) is 0 Å². The van der Waals surface area contributed by atoms with Crippen LogP contribution in [0.2, 0.25) is 0 Å². The molecule has 2 aromatic rings. The van der Waals surface area contributed by atoms with Gasteiger partial charge in [-0.3, -0.25) is 15.4 Å². The van der Waals surface area contributed by atoms with Crippen molar-refractivity contribution in [3.05, 3.63) is 70.8 Å². The fourth-order valence-corrected chi connectivity index (χ4v) is 5.13. The summed E-state index contributed by atoms with van der Waals surface area (Å²) in [5.74, 6) is -2.11. The first kappa shape index (κ1) is 30.1. The van der Waals surface area contributed by atoms with Gasteiger partial charge in [-0.15, -0.1) is 0 Å². The van der Waals surface area contributed by atoms with Crippen LogP contribution in [0.15, 0.2) is 42.5 Å². The van der Waals surface area contributed by atoms with E-state index in [0.29, 0.717) is 30.9 Å². The van der Waals surface area contributed by atoms with Gasteiger partial charge in [0.1, 0.15) is 11.6 Å². The highest BCUT2D eigenvalue weighted by Crippen LogP contribution is 2.39. The third-order valence-corrected chi connectivity index (χ3v) is 7.35. The van der Waals surface area contributed by atoms with E-state index in [1.54, 1.807) is 0 Å². The minimum atomic E-state index is -1.23. The first-order valence-corrected chi connectivity index (χ1v) is 13.0. The van der Waals surface area contributed by atoms with E-state index >= 15 is 0 Å². The van der Waals surface area contributed by atoms with E-state index in [2.05, 4.69) is 49.1 Å². The summed E-state index contributed by atoms with van der Waals surface area (Å²) in [6.45, 7) is 7.65. The number of aliphatic hydroxyl groups is 1. The topological polar surface area (TPSA) is 117 Å². The van der Waals surface area contributed by atoms with Crippen LogP contribution >= 0.6 is 0 Å². The maximum absolute atomic E-state index is 13.8. The number of aliphatic hydroxyl groups excluding tert-OH is 1. The smallest absolute Gasteiger partial charge is 0.232 e. The number of nitrogens with one attached hydrogen (secondary N) is 3. The van der Waals surface area contributed by atoms with Crippen LogP contribution in [0.5, 0.6) is 0 Å². The van der Waals surface area contributed by atoms with Gasteiger partial charge in [0.15, 0.2) is 0 Å². The molecule has 1 aliphatic rings. The number of hydrazine groups is 1. The molecule has 0 spiro atoms. The van der Waals surface area contributed by atoms with Gasteiger partial charge >= 0.3 is 0 Å². The average molecular weight is 535 g/mol. The predicted octanol–water partition coefficient (Wildman–Crippen LogP) is 3.68. The molecular formula is C28H40F2N4O4. The Bertz CT molecular complexity index is 1070. The third-order valence-electron chi connectivity index (χ3n) is 7.35. The molecule has 38 heavy (non-hydrogen) atoms. The van der Waals surface area contributed by atoms with Gasteiger partial charge in [0, 0.05) is 31.1 Å². The molecule has 3 rings (SSSR count). The summed E-state index contributed by atoms with van der Waals surface area (Å²) in [4.78, 5) is 11.6. The zero-order valence-corrected chi connectivity index (χ0v) is 22.5. The van der Waals surface area contributed by atoms with E-state index in [9.17, 15) is 29.1 Å². The number of hydrogen-bond donors (Lipinski definition) is 6. The zero-order chi connectivity index (χ0) is 28.1. The van der Waals surface area contributed by atoms with Gasteiger partial charge in [-0.05, 0) is 66.3 Å². The fourth-order valence-electron chi connectivity index (χ4n) is 5.13. The van der Waals surface area contributed by atoms with Crippen molar-refractivity contribution in [2.24, 2.45) is 0 Å². The number of rotatable bonds is 10. The van der Waals surface area contributed by atoms with Crippen LogP contribution < -0.4 is 16.2 Å². The second-order valence-electron chi connectivity index (χ2n) is 11.3. The summed E-state index contributed by atoms with van der Waals surface area (Å²) >= 11 is 0. The molecule has 6 N–H and O–H groups in total. The largest absolute Gasteiger partial charge is 0.390 e. The molecule has 210 valence electrons. The number of benzene rings is 2. The minimum absolute atomic E-state index is 0.0239. The quantitative estimate of drug-likeness (QED) is 0.258. The molecule has 0 aromatic heterocycles. The van der Waals surface area contributed by atoms with Crippen molar-refractivity contribution in [2.75, 3.05) is 6.54 Å². The normalized spacial score (nSPS) is 21.8. The van der Waals surface area contributed by atoms with Crippen molar-refractivity contribution in [3.8, 4) is 0 Å². The molecule has 2 atom stereocenters. The number of nitrogens with zero attached hydrogens (tertiary/aromatic N) is 1. The van der Waals surface area contributed by atoms with Crippen LogP contribution in [0.1, 0.15) is 70.1 Å². The molecule has 1 fully saturated rings. The lowest BCUT2D eigenvalue weighted by Gasteiger charge is -2.43. The van der Waals surface area contributed by atoms with Gasteiger partial charge < -0.3 is 15.6 Å². The van der Waals surface area contributed by atoms with Gasteiger partial charge in [-0.25, -0.2) is 14.3 Å². The lowest BCUT2D eigenvalue weighted by atomic mass is 9.73. The molecule has 0 unspecified atom stereocenters. The van der Waals surface area contributed by atoms with Gasteiger partial charge in [0.05, 0.1) is 12.1 Å². The molecule has 1 saturated carbocycles. The summed E-state index contributed by atoms with van der Waals surface area (Å²) < 4.78 is 27.6. The van der Waals surface area contributed by atoms with Gasteiger partial charge in [0.2, 0.25) is 5.91 Å². The van der Waals surface area contributed by atoms with E-state index in [1.807, 2.05) is 12.1 Å². The van der Waals surface area contributed by atoms with Crippen molar-refractivity contribution >= 4 is 5.91 Å². The van der Waals surface area contributed by atoms with Crippen LogP contribution in [-0.2, 0) is 22.2 Å². The minimum Gasteiger partial charge on any atom is -0.390 e. The summed E-state index contributed by atoms with van der Waals surface area (Å²) in [6.07, 6.45) is 1.40. The predicted molar refractivity (Wildman–Crippen MR) is 139 cm³/mol. The van der Waals surface area contributed by atoms with E-state index in [0.717, 1.165) is 29.3 Å². The second kappa shape index (κ2) is 12.6. The molecule has 0 radical (unpaired) electrons. The lowest BCUT2D eigenvalue weighted by molar-refractivity contribution is -0.196. The van der Waals surface area contributed by atoms with E-state index in [4.69, 9.17) is 0 Å². The van der Waals surface area contributed by atoms with Crippen LogP contribution in [0.25, 0.3) is 0 Å². The van der Waals surface area contributed by atoms with Crippen LogP contribution in [0, 0.1) is 11.6 Å². The van der Waals surface area contributed by atoms with Crippen LogP contribution in [0.4, 0.5) is 8.78 Å². The van der Waals surface area contributed by atoms with E-state index < -0.39 is 35.2 Å². The standard InChI is InChI=1S/C28H40F2N4O4/c1-18(35)32-34(38)25(14-19-12-22(29)16-23(30)13-19)26(36)17-31-28(10-8-24(33-37)9-11-28)21-7-5-6-20(15-21)27(2,3)4/h5-7,12-13,15-16,24-26,31,33,36-38H,8-11,14,17H2,1-4H3,(H,32,35)/t24?,25-,26+,28?/m0/s1. The Morgan fingerprint density at radius 3 is 2.32 bits per heavy atom. The molecule has 2 aromatic carbocycles. The highest BCUT2D eigenvalue weighted by molar-refractivity contribution is 5.72. The first-order chi connectivity index (χ1) is 17.8. The Morgan fingerprint density at radius 2 is 1.76 bits per heavy atom. The maximum atomic E-state index is 13.8. The molecule has 1 amide bonds. The number of hydroxylamine groups is 2. The molecular weight excluding hydrogens is 494 g/mol. The van der Waals surface area contributed by atoms with Crippen molar-refractivity contribution < 1.29 is 29.1 Å². The van der Waals surface area contributed by atoms with E-state index in [1.165, 1.54) is 6.92 Å². The van der Waals surface area contributed by atoms with Crippen molar-refractivity contribution in [1.29, 1.82) is 0 Å². The highest BCUT2D eigenvalue weighted by Gasteiger charge is 2.38. The second-order valence-corrected chi connectivity index (χ2v) is 11.3. The maximum Gasteiger partial charge on any atom is 0.232 e. The summed E-state index contributed by atoms with van der Waals surface area (Å²) in [5, 5.41) is 35.2. The van der Waals surface area contributed by atoms with Crippen molar-refractivity contribution in [2.45, 2.75) is 88.9 Å². The monoisotopic (exact) mass is 534 g/mol. The molecule has 0 aliphatic heterocycles. The Hall–Kier alpha value is -2.47. The molecule has 8 nitrogen and oxygen atoms in total. The number of amides is 1. The Kier molecular flexibility index (Phi) is 9.96. The number of hydrogen-bond acceptors (Lipinski definition) is 7. The van der Waals surface area contributed by atoms with Gasteiger partial charge in [-0.1, -0.05) is 50.2 Å². The van der Waals surface area contributed by atoms with Crippen molar-refractivity contribution in [1.82, 2.24) is 21.4 Å². The average Bonchev–Trinajstić information content (AvgIpc) is 2.84. The van der Waals surface area contributed by atoms with Crippen LogP contribution in [-0.4, -0.2) is 51.3 Å². The van der Waals surface area contributed by atoms with Crippen LogP contribution in [0.3, 0.4) is 0 Å². The van der Waals surface area contributed by atoms with Gasteiger partial charge in [-0.2, -0.15) is 0 Å². The van der Waals surface area contributed by atoms with Crippen molar-refractivity contribution in [3.63, 3.8) is 0 Å². The number of halogens is 2. The lowest BCUT2D eigenvalue weighted by Crippen LogP contribution is -2.57. The summed E-state index contributed by atoms with van der Waals surface area (Å²) in [7, 11) is 0. The first-order valence-electron chi connectivity index (χ1n) is 13.0. The Labute approximate surface area is 222 Å². The molecule has 10 heteroatoms. The highest BCUT2D eigenvalue weighted by atomic mass is 19.1. The molecule has 0 saturated heterocycles. The fraction of sp³-hybridized carbons (Fsp3) is 0.536. The number of carbonyl (C=O) groups is 1. The Morgan fingerprint density at radius 1 is 1.13 bits per heavy atom. The zero-order valence-electron chi connectivity index (χ0n) is 22.5. The SMILES string of the molecule is CC(=O)NN(O)[C@@H](Cc1cc(F)cc(F)c1)[C@H](O)CNC1(c2cccc(C(C)(C)C)c2)CCC(NO)CC1. The third kappa shape index (κ3) is 7.78. The summed E-state index contributed by atoms with van der Waals surface area (Å²) in [5.41, 5.74) is 6.45.